The molecule has 0 saturated carbocycles. The van der Waals surface area contributed by atoms with Crippen LogP contribution in [0.25, 0.3) is 11.3 Å². The molecule has 3 aromatic rings. The largest absolute Gasteiger partial charge is 0.497 e. The number of aromatic nitrogens is 2. The highest BCUT2D eigenvalue weighted by Gasteiger charge is 2.28. The van der Waals surface area contributed by atoms with Crippen molar-refractivity contribution in [3.05, 3.63) is 72.3 Å². The third-order valence-corrected chi connectivity index (χ3v) is 6.68. The number of amides is 2. The van der Waals surface area contributed by atoms with Crippen LogP contribution in [-0.4, -0.2) is 77.7 Å². The van der Waals surface area contributed by atoms with E-state index in [0.29, 0.717) is 37.5 Å². The third kappa shape index (κ3) is 5.82. The van der Waals surface area contributed by atoms with E-state index in [0.717, 1.165) is 23.5 Å². The highest BCUT2D eigenvalue weighted by atomic mass is 16.5. The average molecular weight is 488 g/mol. The minimum Gasteiger partial charge on any atom is -0.497 e. The minimum absolute atomic E-state index is 0.0447. The minimum atomic E-state index is -0.163. The first-order chi connectivity index (χ1) is 17.5. The molecule has 1 aliphatic heterocycles. The topological polar surface area (TPSA) is 78.9 Å². The normalized spacial score (nSPS) is 14.3. The van der Waals surface area contributed by atoms with Crippen molar-refractivity contribution < 1.29 is 14.3 Å². The summed E-state index contributed by atoms with van der Waals surface area (Å²) in [6.45, 7) is 6.52. The van der Waals surface area contributed by atoms with Gasteiger partial charge in [-0.05, 0) is 43.7 Å². The summed E-state index contributed by atoms with van der Waals surface area (Å²) in [5, 5.41) is 8.79. The first-order valence-electron chi connectivity index (χ1n) is 12.4. The van der Waals surface area contributed by atoms with Gasteiger partial charge in [0.2, 0.25) is 5.91 Å². The van der Waals surface area contributed by atoms with Crippen molar-refractivity contribution in [2.75, 3.05) is 44.7 Å². The molecule has 188 valence electrons. The Balaban J connectivity index is 1.37. The number of nitrogens with zero attached hydrogens (tertiary/aromatic N) is 5. The summed E-state index contributed by atoms with van der Waals surface area (Å²) >= 11 is 0. The summed E-state index contributed by atoms with van der Waals surface area (Å²) in [5.74, 6) is 1.21. The first-order valence-corrected chi connectivity index (χ1v) is 12.4. The van der Waals surface area contributed by atoms with Crippen molar-refractivity contribution in [3.63, 3.8) is 0 Å². The van der Waals surface area contributed by atoms with Crippen LogP contribution in [0.15, 0.2) is 66.7 Å². The number of piperazine rings is 1. The van der Waals surface area contributed by atoms with Crippen molar-refractivity contribution >= 4 is 17.6 Å². The van der Waals surface area contributed by atoms with E-state index in [9.17, 15) is 9.59 Å². The smallest absolute Gasteiger partial charge is 0.254 e. The van der Waals surface area contributed by atoms with Crippen LogP contribution in [0.4, 0.5) is 5.82 Å². The molecule has 0 radical (unpaired) electrons. The van der Waals surface area contributed by atoms with Crippen LogP contribution in [0.1, 0.15) is 30.6 Å². The van der Waals surface area contributed by atoms with Gasteiger partial charge in [0, 0.05) is 43.3 Å². The number of anilines is 1. The van der Waals surface area contributed by atoms with E-state index in [2.05, 4.69) is 15.1 Å². The molecular formula is C28H33N5O3. The number of carbonyl (C=O) groups excluding carboxylic acids is 2. The Kier molecular flexibility index (Phi) is 8.15. The lowest BCUT2D eigenvalue weighted by molar-refractivity contribution is -0.132. The zero-order chi connectivity index (χ0) is 25.5. The van der Waals surface area contributed by atoms with E-state index in [1.54, 1.807) is 36.3 Å². The summed E-state index contributed by atoms with van der Waals surface area (Å²) in [4.78, 5) is 32.1. The van der Waals surface area contributed by atoms with Gasteiger partial charge in [-0.3, -0.25) is 9.59 Å². The number of hydrogen-bond donors (Lipinski definition) is 0. The average Bonchev–Trinajstić information content (AvgIpc) is 2.95. The van der Waals surface area contributed by atoms with Crippen LogP contribution in [0.3, 0.4) is 0 Å². The molecule has 36 heavy (non-hydrogen) atoms. The molecule has 2 heterocycles. The van der Waals surface area contributed by atoms with E-state index in [1.807, 2.05) is 61.2 Å². The number of methoxy groups -OCH3 is 1. The van der Waals surface area contributed by atoms with E-state index < -0.39 is 0 Å². The van der Waals surface area contributed by atoms with Crippen LogP contribution < -0.4 is 9.64 Å². The second-order valence-corrected chi connectivity index (χ2v) is 8.93. The zero-order valence-corrected chi connectivity index (χ0v) is 21.1. The first kappa shape index (κ1) is 25.2. The molecule has 4 rings (SSSR count). The van der Waals surface area contributed by atoms with Crippen molar-refractivity contribution in [1.82, 2.24) is 20.0 Å². The monoisotopic (exact) mass is 487 g/mol. The molecule has 1 fully saturated rings. The molecule has 1 atom stereocenters. The van der Waals surface area contributed by atoms with Gasteiger partial charge in [-0.15, -0.1) is 10.2 Å². The molecule has 1 saturated heterocycles. The Morgan fingerprint density at radius 2 is 1.72 bits per heavy atom. The van der Waals surface area contributed by atoms with Gasteiger partial charge in [0.25, 0.3) is 5.91 Å². The standard InChI is InChI=1S/C28H33N5O3/c1-4-21(2)33(28(35)23-11-8-12-24(19-23)36-3)20-27(34)32-17-15-31(16-18-32)26-14-13-25(29-30-26)22-9-6-5-7-10-22/h5-14,19,21H,4,15-18,20H2,1-3H3. The molecule has 1 aliphatic rings. The molecule has 1 unspecified atom stereocenters. The van der Waals surface area contributed by atoms with E-state index in [-0.39, 0.29) is 24.4 Å². The van der Waals surface area contributed by atoms with Gasteiger partial charge in [0.1, 0.15) is 12.3 Å². The molecule has 2 aromatic carbocycles. The molecule has 2 amide bonds. The van der Waals surface area contributed by atoms with Crippen molar-refractivity contribution in [3.8, 4) is 17.0 Å². The highest BCUT2D eigenvalue weighted by Crippen LogP contribution is 2.20. The molecular weight excluding hydrogens is 454 g/mol. The molecule has 0 spiro atoms. The second kappa shape index (κ2) is 11.7. The fourth-order valence-corrected chi connectivity index (χ4v) is 4.26. The van der Waals surface area contributed by atoms with Crippen LogP contribution in [0.2, 0.25) is 0 Å². The van der Waals surface area contributed by atoms with E-state index in [4.69, 9.17) is 4.74 Å². The number of ether oxygens (including phenoxy) is 1. The molecule has 0 aliphatic carbocycles. The highest BCUT2D eigenvalue weighted by molar-refractivity contribution is 5.97. The fraction of sp³-hybridized carbons (Fsp3) is 0.357. The van der Waals surface area contributed by atoms with E-state index in [1.165, 1.54) is 0 Å². The summed E-state index contributed by atoms with van der Waals surface area (Å²) < 4.78 is 5.26. The quantitative estimate of drug-likeness (QED) is 0.482. The Bertz CT molecular complexity index is 1160. The van der Waals surface area contributed by atoms with E-state index >= 15 is 0 Å². The lowest BCUT2D eigenvalue weighted by atomic mass is 10.1. The third-order valence-electron chi connectivity index (χ3n) is 6.68. The lowest BCUT2D eigenvalue weighted by Crippen LogP contribution is -2.53. The fourth-order valence-electron chi connectivity index (χ4n) is 4.26. The maximum Gasteiger partial charge on any atom is 0.254 e. The maximum atomic E-state index is 13.3. The Morgan fingerprint density at radius 1 is 0.972 bits per heavy atom. The van der Waals surface area contributed by atoms with Gasteiger partial charge in [0.05, 0.1) is 12.8 Å². The van der Waals surface area contributed by atoms with Crippen molar-refractivity contribution in [1.29, 1.82) is 0 Å². The van der Waals surface area contributed by atoms with Crippen molar-refractivity contribution in [2.24, 2.45) is 0 Å². The zero-order valence-electron chi connectivity index (χ0n) is 21.1. The van der Waals surface area contributed by atoms with Crippen LogP contribution >= 0.6 is 0 Å². The number of hydrogen-bond acceptors (Lipinski definition) is 6. The molecule has 8 nitrogen and oxygen atoms in total. The Labute approximate surface area is 212 Å². The Hall–Kier alpha value is -3.94. The lowest BCUT2D eigenvalue weighted by Gasteiger charge is -2.37. The SMILES string of the molecule is CCC(C)N(CC(=O)N1CCN(c2ccc(-c3ccccc3)nn2)CC1)C(=O)c1cccc(OC)c1. The summed E-state index contributed by atoms with van der Waals surface area (Å²) in [5.41, 5.74) is 2.38. The van der Waals surface area contributed by atoms with Crippen LogP contribution in [0, 0.1) is 0 Å². The summed E-state index contributed by atoms with van der Waals surface area (Å²) in [6, 6.07) is 20.9. The summed E-state index contributed by atoms with van der Waals surface area (Å²) in [6.07, 6.45) is 0.758. The van der Waals surface area contributed by atoms with Crippen molar-refractivity contribution in [2.45, 2.75) is 26.3 Å². The van der Waals surface area contributed by atoms with Crippen LogP contribution in [0.5, 0.6) is 5.75 Å². The van der Waals surface area contributed by atoms with Gasteiger partial charge in [-0.25, -0.2) is 0 Å². The second-order valence-electron chi connectivity index (χ2n) is 8.93. The predicted molar refractivity (Wildman–Crippen MR) is 140 cm³/mol. The van der Waals surface area contributed by atoms with Gasteiger partial charge < -0.3 is 19.4 Å². The number of carbonyl (C=O) groups is 2. The predicted octanol–water partition coefficient (Wildman–Crippen LogP) is 3.74. The molecule has 8 heteroatoms. The molecule has 0 N–H and O–H groups in total. The maximum absolute atomic E-state index is 13.3. The Morgan fingerprint density at radius 3 is 2.36 bits per heavy atom. The van der Waals surface area contributed by atoms with Gasteiger partial charge in [0.15, 0.2) is 5.82 Å². The molecule has 1 aromatic heterocycles. The number of benzene rings is 2. The number of rotatable bonds is 8. The van der Waals surface area contributed by atoms with Gasteiger partial charge >= 0.3 is 0 Å². The van der Waals surface area contributed by atoms with Gasteiger partial charge in [-0.2, -0.15) is 0 Å². The molecule has 0 bridgehead atoms. The van der Waals surface area contributed by atoms with Gasteiger partial charge in [-0.1, -0.05) is 43.3 Å². The summed E-state index contributed by atoms with van der Waals surface area (Å²) in [7, 11) is 1.57. The van der Waals surface area contributed by atoms with Crippen LogP contribution in [-0.2, 0) is 4.79 Å².